The highest BCUT2D eigenvalue weighted by Gasteiger charge is 2.20. The Kier molecular flexibility index (Phi) is 4.99. The number of rotatable bonds is 6. The number of hydrogen-bond acceptors (Lipinski definition) is 4. The summed E-state index contributed by atoms with van der Waals surface area (Å²) in [6.07, 6.45) is 1.07. The number of carbonyl (C=O) groups excluding carboxylic acids is 1. The van der Waals surface area contributed by atoms with Crippen LogP contribution >= 0.6 is 0 Å². The van der Waals surface area contributed by atoms with Crippen molar-refractivity contribution in [2.75, 3.05) is 18.1 Å². The second-order valence-corrected chi connectivity index (χ2v) is 6.56. The molecule has 0 fully saturated rings. The number of nitrogens with one attached hydrogen (secondary N) is 1. The maximum absolute atomic E-state index is 11.3. The van der Waals surface area contributed by atoms with Gasteiger partial charge in [0.1, 0.15) is 5.75 Å². The molecule has 6 nitrogen and oxygen atoms in total. The molecular weight excluding hydrogens is 280 g/mol. The minimum absolute atomic E-state index is 0.0892. The smallest absolute Gasteiger partial charge is 0.229 e. The Morgan fingerprint density at radius 1 is 1.35 bits per heavy atom. The number of primary amides is 1. The van der Waals surface area contributed by atoms with E-state index in [1.165, 1.54) is 7.11 Å². The average molecular weight is 300 g/mol. The highest BCUT2D eigenvalue weighted by molar-refractivity contribution is 7.92. The number of amides is 1. The Labute approximate surface area is 119 Å². The van der Waals surface area contributed by atoms with Gasteiger partial charge in [-0.2, -0.15) is 0 Å². The second-order valence-electron chi connectivity index (χ2n) is 4.81. The Hall–Kier alpha value is -1.76. The van der Waals surface area contributed by atoms with E-state index in [1.54, 1.807) is 25.1 Å². The molecule has 112 valence electrons. The molecule has 1 rings (SSSR count). The topological polar surface area (TPSA) is 98.5 Å². The number of anilines is 1. The fraction of sp³-hybridized carbons (Fsp3) is 0.462. The molecule has 0 aromatic heterocycles. The second kappa shape index (κ2) is 6.13. The zero-order valence-corrected chi connectivity index (χ0v) is 12.8. The summed E-state index contributed by atoms with van der Waals surface area (Å²) in [5.41, 5.74) is 6.51. The van der Waals surface area contributed by atoms with Gasteiger partial charge in [0.25, 0.3) is 0 Å². The lowest BCUT2D eigenvalue weighted by atomic mass is 9.88. The van der Waals surface area contributed by atoms with E-state index in [1.807, 2.05) is 6.92 Å². The molecule has 1 amide bonds. The lowest BCUT2D eigenvalue weighted by Crippen LogP contribution is -2.25. The summed E-state index contributed by atoms with van der Waals surface area (Å²) in [6, 6.07) is 5.07. The zero-order chi connectivity index (χ0) is 15.5. The number of ether oxygens (including phenoxy) is 1. The van der Waals surface area contributed by atoms with E-state index in [2.05, 4.69) is 4.72 Å². The molecule has 0 heterocycles. The van der Waals surface area contributed by atoms with Gasteiger partial charge < -0.3 is 10.5 Å². The van der Waals surface area contributed by atoms with Gasteiger partial charge in [0, 0.05) is 5.92 Å². The zero-order valence-electron chi connectivity index (χ0n) is 12.0. The first kappa shape index (κ1) is 16.3. The predicted molar refractivity (Wildman–Crippen MR) is 78.2 cm³/mol. The van der Waals surface area contributed by atoms with E-state index in [0.717, 1.165) is 11.8 Å². The van der Waals surface area contributed by atoms with Gasteiger partial charge in [0.2, 0.25) is 15.9 Å². The predicted octanol–water partition coefficient (Wildman–Crippen LogP) is 1.29. The van der Waals surface area contributed by atoms with Crippen LogP contribution in [-0.4, -0.2) is 27.7 Å². The first-order valence-corrected chi connectivity index (χ1v) is 8.00. The van der Waals surface area contributed by atoms with Crippen LogP contribution in [0.25, 0.3) is 0 Å². The van der Waals surface area contributed by atoms with Crippen LogP contribution in [0.1, 0.15) is 25.3 Å². The van der Waals surface area contributed by atoms with Crippen molar-refractivity contribution < 1.29 is 17.9 Å². The largest absolute Gasteiger partial charge is 0.495 e. The lowest BCUT2D eigenvalue weighted by Gasteiger charge is -2.19. The minimum Gasteiger partial charge on any atom is -0.495 e. The summed E-state index contributed by atoms with van der Waals surface area (Å²) < 4.78 is 30.1. The molecule has 7 heteroatoms. The van der Waals surface area contributed by atoms with Crippen LogP contribution in [0.15, 0.2) is 18.2 Å². The van der Waals surface area contributed by atoms with Crippen molar-refractivity contribution in [3.8, 4) is 5.75 Å². The highest BCUT2D eigenvalue weighted by Crippen LogP contribution is 2.32. The van der Waals surface area contributed by atoms with Gasteiger partial charge in [0.15, 0.2) is 0 Å². The van der Waals surface area contributed by atoms with Crippen molar-refractivity contribution >= 4 is 21.6 Å². The molecule has 20 heavy (non-hydrogen) atoms. The fourth-order valence-electron chi connectivity index (χ4n) is 1.81. The summed E-state index contributed by atoms with van der Waals surface area (Å²) in [6.45, 7) is 3.63. The number of benzene rings is 1. The van der Waals surface area contributed by atoms with Crippen LogP contribution < -0.4 is 15.2 Å². The first-order chi connectivity index (χ1) is 9.15. The van der Waals surface area contributed by atoms with Crippen molar-refractivity contribution in [3.63, 3.8) is 0 Å². The molecule has 1 aromatic carbocycles. The Balaban J connectivity index is 3.12. The van der Waals surface area contributed by atoms with E-state index in [4.69, 9.17) is 10.5 Å². The van der Waals surface area contributed by atoms with Gasteiger partial charge in [-0.25, -0.2) is 8.42 Å². The summed E-state index contributed by atoms with van der Waals surface area (Å²) in [5.74, 6) is -0.395. The molecular formula is C13H20N2O4S. The third-order valence-electron chi connectivity index (χ3n) is 3.25. The van der Waals surface area contributed by atoms with Crippen molar-refractivity contribution in [1.29, 1.82) is 0 Å². The quantitative estimate of drug-likeness (QED) is 0.827. The van der Waals surface area contributed by atoms with Gasteiger partial charge in [-0.05, 0) is 23.6 Å². The van der Waals surface area contributed by atoms with Gasteiger partial charge in [-0.3, -0.25) is 9.52 Å². The standard InChI is InChI=1S/C13H20N2O4S/c1-8(9(2)13(14)16)10-5-6-11(12(7-10)19-3)15-20(4,17)18/h5-9,15H,1-4H3,(H2,14,16). The molecule has 2 atom stereocenters. The monoisotopic (exact) mass is 300 g/mol. The lowest BCUT2D eigenvalue weighted by molar-refractivity contribution is -0.121. The molecule has 2 unspecified atom stereocenters. The van der Waals surface area contributed by atoms with E-state index >= 15 is 0 Å². The molecule has 3 N–H and O–H groups in total. The van der Waals surface area contributed by atoms with Crippen molar-refractivity contribution in [2.24, 2.45) is 11.7 Å². The van der Waals surface area contributed by atoms with E-state index < -0.39 is 10.0 Å². The van der Waals surface area contributed by atoms with Crippen LogP contribution in [-0.2, 0) is 14.8 Å². The summed E-state index contributed by atoms with van der Waals surface area (Å²) in [5, 5.41) is 0. The third-order valence-corrected chi connectivity index (χ3v) is 3.84. The molecule has 0 spiro atoms. The molecule has 0 aliphatic heterocycles. The van der Waals surface area contributed by atoms with Gasteiger partial charge in [-0.15, -0.1) is 0 Å². The van der Waals surface area contributed by atoms with E-state index in [-0.39, 0.29) is 17.7 Å². The van der Waals surface area contributed by atoms with Crippen LogP contribution in [0.4, 0.5) is 5.69 Å². The summed E-state index contributed by atoms with van der Waals surface area (Å²) in [7, 11) is -1.92. The molecule has 0 saturated heterocycles. The Bertz CT molecular complexity index is 598. The molecule has 0 aliphatic rings. The number of nitrogens with two attached hydrogens (primary N) is 1. The van der Waals surface area contributed by atoms with Gasteiger partial charge in [-0.1, -0.05) is 19.9 Å². The average Bonchev–Trinajstić information content (AvgIpc) is 2.35. The van der Waals surface area contributed by atoms with Crippen molar-refractivity contribution in [1.82, 2.24) is 0 Å². The molecule has 1 aromatic rings. The SMILES string of the molecule is COc1cc(C(C)C(C)C(N)=O)ccc1NS(C)(=O)=O. The number of methoxy groups -OCH3 is 1. The Morgan fingerprint density at radius 3 is 2.40 bits per heavy atom. The van der Waals surface area contributed by atoms with Gasteiger partial charge in [0.05, 0.1) is 19.1 Å². The number of hydrogen-bond donors (Lipinski definition) is 2. The first-order valence-electron chi connectivity index (χ1n) is 6.10. The fourth-order valence-corrected chi connectivity index (χ4v) is 2.38. The maximum atomic E-state index is 11.3. The van der Waals surface area contributed by atoms with Crippen LogP contribution in [0, 0.1) is 5.92 Å². The van der Waals surface area contributed by atoms with Crippen molar-refractivity contribution in [3.05, 3.63) is 23.8 Å². The highest BCUT2D eigenvalue weighted by atomic mass is 32.2. The Morgan fingerprint density at radius 2 is 1.95 bits per heavy atom. The maximum Gasteiger partial charge on any atom is 0.229 e. The molecule has 0 saturated carbocycles. The summed E-state index contributed by atoms with van der Waals surface area (Å²) >= 11 is 0. The van der Waals surface area contributed by atoms with Crippen molar-refractivity contribution in [2.45, 2.75) is 19.8 Å². The third kappa shape index (κ3) is 4.12. The van der Waals surface area contributed by atoms with E-state index in [0.29, 0.717) is 11.4 Å². The minimum atomic E-state index is -3.38. The summed E-state index contributed by atoms with van der Waals surface area (Å²) in [4.78, 5) is 11.2. The normalized spacial score (nSPS) is 14.4. The number of sulfonamides is 1. The van der Waals surface area contributed by atoms with Crippen LogP contribution in [0.3, 0.4) is 0 Å². The van der Waals surface area contributed by atoms with Crippen LogP contribution in [0.5, 0.6) is 5.75 Å². The molecule has 0 bridgehead atoms. The number of carbonyl (C=O) groups is 1. The van der Waals surface area contributed by atoms with E-state index in [9.17, 15) is 13.2 Å². The molecule has 0 radical (unpaired) electrons. The molecule has 0 aliphatic carbocycles. The van der Waals surface area contributed by atoms with Crippen LogP contribution in [0.2, 0.25) is 0 Å². The van der Waals surface area contributed by atoms with Gasteiger partial charge >= 0.3 is 0 Å².